The zero-order chi connectivity index (χ0) is 18.1. The molecule has 0 N–H and O–H groups in total. The molecule has 0 aliphatic carbocycles. The molecule has 2 heterocycles. The molecule has 2 aromatic carbocycles. The SMILES string of the molecule is CC1(C)OB(c2c3cn[n]([Tl])c3cc3ccc(F)c(Cl)c23)OC1(C)C. The van der Waals surface area contributed by atoms with Crippen LogP contribution in [0, 0.1) is 5.82 Å². The van der Waals surface area contributed by atoms with Crippen molar-refractivity contribution in [1.29, 1.82) is 0 Å². The van der Waals surface area contributed by atoms with E-state index in [1.54, 1.807) is 12.3 Å². The summed E-state index contributed by atoms with van der Waals surface area (Å²) in [5, 5.41) is 6.88. The fourth-order valence-electron chi connectivity index (χ4n) is 3.17. The van der Waals surface area contributed by atoms with Gasteiger partial charge in [0.15, 0.2) is 0 Å². The Balaban J connectivity index is 2.08. The Bertz CT molecular complexity index is 1000. The monoisotopic (exact) mass is 550 g/mol. The predicted octanol–water partition coefficient (Wildman–Crippen LogP) is 3.21. The Morgan fingerprint density at radius 3 is 2.48 bits per heavy atom. The van der Waals surface area contributed by atoms with Gasteiger partial charge in [-0.3, -0.25) is 0 Å². The minimum atomic E-state index is -0.635. The molecule has 0 radical (unpaired) electrons. The van der Waals surface area contributed by atoms with Crippen LogP contribution in [0.5, 0.6) is 0 Å². The molecule has 1 saturated heterocycles. The number of rotatable bonds is 1. The maximum absolute atomic E-state index is 14.2. The van der Waals surface area contributed by atoms with Crippen LogP contribution in [0.15, 0.2) is 24.4 Å². The van der Waals surface area contributed by atoms with E-state index < -0.39 is 24.1 Å². The minimum absolute atomic E-state index is 0.0904. The van der Waals surface area contributed by atoms with Gasteiger partial charge in [-0.1, -0.05) is 0 Å². The van der Waals surface area contributed by atoms with Crippen molar-refractivity contribution in [2.75, 3.05) is 0 Å². The van der Waals surface area contributed by atoms with E-state index in [9.17, 15) is 4.39 Å². The van der Waals surface area contributed by atoms with Crippen molar-refractivity contribution in [2.45, 2.75) is 38.9 Å². The van der Waals surface area contributed by atoms with Crippen LogP contribution in [0.2, 0.25) is 5.02 Å². The molecule has 4 nitrogen and oxygen atoms in total. The first kappa shape index (κ1) is 17.7. The summed E-state index contributed by atoms with van der Waals surface area (Å²) in [4.78, 5) is 0. The van der Waals surface area contributed by atoms with Crippen molar-refractivity contribution in [3.63, 3.8) is 0 Å². The first-order valence-electron chi connectivity index (χ1n) is 8.01. The second-order valence-electron chi connectivity index (χ2n) is 7.36. The van der Waals surface area contributed by atoms with Crippen LogP contribution in [0.1, 0.15) is 27.7 Å². The fourth-order valence-corrected chi connectivity index (χ4v) is 4.53. The number of hydrogen-bond donors (Lipinski definition) is 0. The van der Waals surface area contributed by atoms with Crippen LogP contribution in [0.3, 0.4) is 0 Å². The van der Waals surface area contributed by atoms with E-state index in [-0.39, 0.29) is 5.02 Å². The average molecular weight is 550 g/mol. The predicted molar refractivity (Wildman–Crippen MR) is 99.1 cm³/mol. The van der Waals surface area contributed by atoms with Gasteiger partial charge in [0.1, 0.15) is 0 Å². The molecule has 1 fully saturated rings. The number of fused-ring (bicyclic) bond motifs is 2. The van der Waals surface area contributed by atoms with E-state index >= 15 is 0 Å². The number of nitrogens with zero attached hydrogens (tertiary/aromatic N) is 2. The zero-order valence-electron chi connectivity index (χ0n) is 14.4. The van der Waals surface area contributed by atoms with Crippen molar-refractivity contribution >= 4 is 71.9 Å². The zero-order valence-corrected chi connectivity index (χ0v) is 19.7. The van der Waals surface area contributed by atoms with E-state index in [4.69, 9.17) is 20.9 Å². The van der Waals surface area contributed by atoms with E-state index in [0.29, 0.717) is 31.5 Å². The summed E-state index contributed by atoms with van der Waals surface area (Å²) in [5.74, 6) is -0.452. The van der Waals surface area contributed by atoms with Gasteiger partial charge in [0.25, 0.3) is 0 Å². The second-order valence-corrected chi connectivity index (χ2v) is 9.64. The van der Waals surface area contributed by atoms with E-state index in [1.165, 1.54) is 6.07 Å². The molecule has 0 spiro atoms. The standard InChI is InChI=1S/C17H16BClFN2O2.Tl/c1-16(2)17(3,4)24-18(23-16)14-10-8-21-22-12(10)7-9-5-6-11(20)15(19)13(9)14;/h5-8H,1-4H3;/q-1;+1. The molecule has 1 aliphatic heterocycles. The van der Waals surface area contributed by atoms with Gasteiger partial charge in [-0.05, 0) is 0 Å². The molecular weight excluding hydrogens is 534 g/mol. The van der Waals surface area contributed by atoms with Crippen LogP contribution >= 0.6 is 11.6 Å². The van der Waals surface area contributed by atoms with Crippen molar-refractivity contribution in [2.24, 2.45) is 0 Å². The van der Waals surface area contributed by atoms with Gasteiger partial charge in [-0.25, -0.2) is 0 Å². The first-order chi connectivity index (χ1) is 11.6. The number of halogens is 2. The molecule has 25 heavy (non-hydrogen) atoms. The maximum atomic E-state index is 14.2. The molecular formula is C17H16BClFN2O2Tl. The molecule has 8 heteroatoms. The van der Waals surface area contributed by atoms with Gasteiger partial charge in [0.2, 0.25) is 0 Å². The Morgan fingerprint density at radius 1 is 1.20 bits per heavy atom. The fraction of sp³-hybridized carbons (Fsp3) is 0.353. The molecule has 4 rings (SSSR count). The second kappa shape index (κ2) is 5.64. The molecule has 3 aromatic rings. The van der Waals surface area contributed by atoms with Gasteiger partial charge in [-0.2, -0.15) is 0 Å². The van der Waals surface area contributed by atoms with Crippen LogP contribution in [0.4, 0.5) is 4.39 Å². The molecule has 126 valence electrons. The molecule has 0 atom stereocenters. The van der Waals surface area contributed by atoms with E-state index in [2.05, 4.69) is 5.10 Å². The quantitative estimate of drug-likeness (QED) is 0.438. The van der Waals surface area contributed by atoms with Crippen molar-refractivity contribution < 1.29 is 13.7 Å². The van der Waals surface area contributed by atoms with E-state index in [0.717, 1.165) is 21.8 Å². The Morgan fingerprint density at radius 2 is 1.84 bits per heavy atom. The number of aromatic nitrogens is 2. The molecule has 1 aromatic heterocycles. The summed E-state index contributed by atoms with van der Waals surface area (Å²) in [6, 6.07) is 5.13. The summed E-state index contributed by atoms with van der Waals surface area (Å²) in [6.45, 7) is 7.98. The van der Waals surface area contributed by atoms with Crippen LogP contribution in [0.25, 0.3) is 21.7 Å². The average Bonchev–Trinajstić information content (AvgIpc) is 2.98. The third kappa shape index (κ3) is 2.56. The van der Waals surface area contributed by atoms with Gasteiger partial charge in [-0.15, -0.1) is 0 Å². The van der Waals surface area contributed by atoms with Crippen molar-refractivity contribution in [3.05, 3.63) is 35.2 Å². The Hall–Kier alpha value is -0.703. The summed E-state index contributed by atoms with van der Waals surface area (Å²) in [6.07, 6.45) is 1.79. The third-order valence-corrected chi connectivity index (χ3v) is 7.27. The van der Waals surface area contributed by atoms with Gasteiger partial charge in [0, 0.05) is 0 Å². The molecule has 0 bridgehead atoms. The van der Waals surface area contributed by atoms with Gasteiger partial charge >= 0.3 is 167 Å². The molecule has 0 unspecified atom stereocenters. The Kier molecular flexibility index (Phi) is 4.00. The number of hydrogen-bond acceptors (Lipinski definition) is 3. The van der Waals surface area contributed by atoms with Crippen LogP contribution < -0.4 is 5.46 Å². The van der Waals surface area contributed by atoms with Crippen molar-refractivity contribution in [3.8, 4) is 0 Å². The number of benzene rings is 2. The van der Waals surface area contributed by atoms with Gasteiger partial charge in [0.05, 0.1) is 0 Å². The van der Waals surface area contributed by atoms with Crippen LogP contribution in [-0.4, -0.2) is 52.0 Å². The summed E-state index contributed by atoms with van der Waals surface area (Å²) < 4.78 is 28.6. The van der Waals surface area contributed by atoms with E-state index in [1.807, 2.05) is 36.3 Å². The topological polar surface area (TPSA) is 36.3 Å². The normalized spacial score (nSPS) is 19.2. The third-order valence-electron chi connectivity index (χ3n) is 5.30. The molecule has 1 aliphatic rings. The summed E-state index contributed by atoms with van der Waals surface area (Å²) in [5.41, 5.74) is 0.752. The Labute approximate surface area is 166 Å². The van der Waals surface area contributed by atoms with Crippen molar-refractivity contribution in [1.82, 2.24) is 7.59 Å². The molecule has 0 saturated carbocycles. The summed E-state index contributed by atoms with van der Waals surface area (Å²) >= 11 is 6.87. The first-order valence-corrected chi connectivity index (χ1v) is 10.4. The summed E-state index contributed by atoms with van der Waals surface area (Å²) in [7, 11) is -0.635. The molecule has 0 amide bonds. The van der Waals surface area contributed by atoms with Crippen LogP contribution in [-0.2, 0) is 9.31 Å². The van der Waals surface area contributed by atoms with Gasteiger partial charge < -0.3 is 0 Å².